The van der Waals surface area contributed by atoms with Crippen LogP contribution in [0.15, 0.2) is 83.1 Å². The van der Waals surface area contributed by atoms with Gasteiger partial charge in [0.05, 0.1) is 17.5 Å². The topological polar surface area (TPSA) is 109 Å². The molecule has 4 aromatic rings. The lowest BCUT2D eigenvalue weighted by Crippen LogP contribution is -2.20. The molecule has 3 aromatic carbocycles. The van der Waals surface area contributed by atoms with E-state index in [2.05, 4.69) is 20.7 Å². The molecule has 0 bridgehead atoms. The number of aromatic carboxylic acids is 1. The van der Waals surface area contributed by atoms with Crippen molar-refractivity contribution in [3.63, 3.8) is 0 Å². The van der Waals surface area contributed by atoms with Crippen LogP contribution in [0.5, 0.6) is 0 Å². The number of aromatic nitrogens is 3. The summed E-state index contributed by atoms with van der Waals surface area (Å²) in [6, 6.07) is 22.3. The lowest BCUT2D eigenvalue weighted by Gasteiger charge is -2.11. The number of hydrazone groups is 1. The molecule has 176 valence electrons. The van der Waals surface area contributed by atoms with Gasteiger partial charge < -0.3 is 5.11 Å². The van der Waals surface area contributed by atoms with E-state index in [9.17, 15) is 9.59 Å². The van der Waals surface area contributed by atoms with Gasteiger partial charge in [-0.1, -0.05) is 71.4 Å². The van der Waals surface area contributed by atoms with Gasteiger partial charge in [0, 0.05) is 11.3 Å². The molecule has 0 radical (unpaired) electrons. The van der Waals surface area contributed by atoms with E-state index in [1.54, 1.807) is 12.1 Å². The van der Waals surface area contributed by atoms with E-state index < -0.39 is 5.97 Å². The lowest BCUT2D eigenvalue weighted by molar-refractivity contribution is -0.118. The number of rotatable bonds is 8. The van der Waals surface area contributed by atoms with Crippen molar-refractivity contribution >= 4 is 29.9 Å². The predicted octanol–water partition coefficient (Wildman–Crippen LogP) is 4.49. The van der Waals surface area contributed by atoms with Crippen LogP contribution in [-0.2, 0) is 4.79 Å². The number of carbonyl (C=O) groups is 2. The maximum absolute atomic E-state index is 12.4. The molecule has 2 N–H and O–H groups in total. The van der Waals surface area contributed by atoms with Crippen LogP contribution in [0.25, 0.3) is 17.1 Å². The Morgan fingerprint density at radius 3 is 2.20 bits per heavy atom. The zero-order valence-corrected chi connectivity index (χ0v) is 20.0. The summed E-state index contributed by atoms with van der Waals surface area (Å²) in [7, 11) is 0. The number of carboxylic acid groups (broad SMARTS) is 1. The molecule has 0 atom stereocenters. The highest BCUT2D eigenvalue weighted by molar-refractivity contribution is 7.99. The van der Waals surface area contributed by atoms with Crippen LogP contribution in [0.3, 0.4) is 0 Å². The van der Waals surface area contributed by atoms with Crippen LogP contribution >= 0.6 is 11.8 Å². The number of amides is 1. The van der Waals surface area contributed by atoms with Gasteiger partial charge in [-0.15, -0.1) is 10.2 Å². The van der Waals surface area contributed by atoms with Crippen LogP contribution in [-0.4, -0.2) is 43.7 Å². The van der Waals surface area contributed by atoms with Crippen LogP contribution in [0.4, 0.5) is 0 Å². The summed E-state index contributed by atoms with van der Waals surface area (Å²) in [4.78, 5) is 23.3. The molecular weight excluding hydrogens is 462 g/mol. The molecule has 0 aliphatic heterocycles. The quantitative estimate of drug-likeness (QED) is 0.216. The zero-order valence-electron chi connectivity index (χ0n) is 19.2. The minimum Gasteiger partial charge on any atom is -0.478 e. The standard InChI is InChI=1S/C26H23N5O3S/c1-17-3-9-20(10-4-17)24-29-30-26(31(24)22-13-5-18(2)6-14-22)35-16-23(32)28-27-15-19-7-11-21(12-8-19)25(33)34/h3-15H,16H2,1-2H3,(H,28,32)(H,33,34)/b27-15+. The Morgan fingerprint density at radius 2 is 1.57 bits per heavy atom. The molecule has 0 aliphatic rings. The molecule has 0 spiro atoms. The fourth-order valence-corrected chi connectivity index (χ4v) is 3.98. The second kappa shape index (κ2) is 10.8. The third-order valence-corrected chi connectivity index (χ3v) is 6.06. The fourth-order valence-electron chi connectivity index (χ4n) is 3.23. The number of hydrogen-bond donors (Lipinski definition) is 2. The SMILES string of the molecule is Cc1ccc(-c2nnc(SCC(=O)N/N=C/c3ccc(C(=O)O)cc3)n2-c2ccc(C)cc2)cc1. The van der Waals surface area contributed by atoms with E-state index in [1.807, 2.05) is 66.9 Å². The average molecular weight is 486 g/mol. The maximum Gasteiger partial charge on any atom is 0.335 e. The Hall–Kier alpha value is -4.24. The highest BCUT2D eigenvalue weighted by Gasteiger charge is 2.17. The second-order valence-corrected chi connectivity index (χ2v) is 8.79. The highest BCUT2D eigenvalue weighted by atomic mass is 32.2. The second-order valence-electron chi connectivity index (χ2n) is 7.85. The molecule has 35 heavy (non-hydrogen) atoms. The highest BCUT2D eigenvalue weighted by Crippen LogP contribution is 2.28. The number of aryl methyl sites for hydroxylation is 2. The third-order valence-electron chi connectivity index (χ3n) is 5.13. The summed E-state index contributed by atoms with van der Waals surface area (Å²) in [6.45, 7) is 4.06. The van der Waals surface area contributed by atoms with E-state index in [4.69, 9.17) is 5.11 Å². The van der Waals surface area contributed by atoms with Crippen molar-refractivity contribution in [2.45, 2.75) is 19.0 Å². The van der Waals surface area contributed by atoms with E-state index >= 15 is 0 Å². The minimum atomic E-state index is -0.997. The first-order valence-corrected chi connectivity index (χ1v) is 11.8. The number of carbonyl (C=O) groups excluding carboxylic acids is 1. The molecule has 1 aromatic heterocycles. The smallest absolute Gasteiger partial charge is 0.335 e. The van der Waals surface area contributed by atoms with Crippen LogP contribution < -0.4 is 5.43 Å². The number of nitrogens with zero attached hydrogens (tertiary/aromatic N) is 4. The number of nitrogens with one attached hydrogen (secondary N) is 1. The van der Waals surface area contributed by atoms with Crippen LogP contribution in [0.2, 0.25) is 0 Å². The molecule has 1 heterocycles. The van der Waals surface area contributed by atoms with Crippen molar-refractivity contribution in [2.24, 2.45) is 5.10 Å². The fraction of sp³-hybridized carbons (Fsp3) is 0.115. The first-order valence-electron chi connectivity index (χ1n) is 10.8. The Bertz CT molecular complexity index is 1360. The van der Waals surface area contributed by atoms with E-state index in [1.165, 1.54) is 30.1 Å². The normalized spacial score (nSPS) is 11.0. The van der Waals surface area contributed by atoms with E-state index in [0.717, 1.165) is 22.4 Å². The Balaban J connectivity index is 1.47. The molecule has 0 fully saturated rings. The third kappa shape index (κ3) is 6.01. The average Bonchev–Trinajstić information content (AvgIpc) is 3.28. The monoisotopic (exact) mass is 485 g/mol. The summed E-state index contributed by atoms with van der Waals surface area (Å²) in [5.74, 6) is -0.515. The van der Waals surface area contributed by atoms with Gasteiger partial charge in [-0.25, -0.2) is 10.2 Å². The molecular formula is C26H23N5O3S. The zero-order chi connectivity index (χ0) is 24.8. The van der Waals surface area contributed by atoms with Gasteiger partial charge in [0.2, 0.25) is 0 Å². The number of thioether (sulfide) groups is 1. The number of carboxylic acids is 1. The van der Waals surface area contributed by atoms with Crippen molar-refractivity contribution < 1.29 is 14.7 Å². The van der Waals surface area contributed by atoms with Crippen LogP contribution in [0.1, 0.15) is 27.0 Å². The summed E-state index contributed by atoms with van der Waals surface area (Å²) >= 11 is 1.26. The molecule has 8 nitrogen and oxygen atoms in total. The van der Waals surface area contributed by atoms with Crippen molar-refractivity contribution in [3.05, 3.63) is 95.1 Å². The summed E-state index contributed by atoms with van der Waals surface area (Å²) in [5.41, 5.74) is 7.47. The predicted molar refractivity (Wildman–Crippen MR) is 136 cm³/mol. The summed E-state index contributed by atoms with van der Waals surface area (Å²) < 4.78 is 1.94. The van der Waals surface area contributed by atoms with Crippen molar-refractivity contribution in [1.29, 1.82) is 0 Å². The van der Waals surface area contributed by atoms with Gasteiger partial charge in [0.25, 0.3) is 5.91 Å². The Labute approximate surface area is 206 Å². The van der Waals surface area contributed by atoms with Gasteiger partial charge >= 0.3 is 5.97 Å². The molecule has 0 unspecified atom stereocenters. The van der Waals surface area contributed by atoms with Crippen molar-refractivity contribution in [3.8, 4) is 17.1 Å². The van der Waals surface area contributed by atoms with Gasteiger partial charge in [-0.3, -0.25) is 9.36 Å². The molecule has 0 aliphatic carbocycles. The maximum atomic E-state index is 12.4. The van der Waals surface area contributed by atoms with E-state index in [0.29, 0.717) is 16.5 Å². The van der Waals surface area contributed by atoms with Crippen molar-refractivity contribution in [2.75, 3.05) is 5.75 Å². The Morgan fingerprint density at radius 1 is 0.943 bits per heavy atom. The first kappa shape index (κ1) is 23.9. The molecule has 4 rings (SSSR count). The molecule has 1 amide bonds. The minimum absolute atomic E-state index is 0.0905. The van der Waals surface area contributed by atoms with Gasteiger partial charge in [-0.2, -0.15) is 5.10 Å². The largest absolute Gasteiger partial charge is 0.478 e. The van der Waals surface area contributed by atoms with Gasteiger partial charge in [0.1, 0.15) is 0 Å². The van der Waals surface area contributed by atoms with Crippen molar-refractivity contribution in [1.82, 2.24) is 20.2 Å². The number of hydrogen-bond acceptors (Lipinski definition) is 6. The Kier molecular flexibility index (Phi) is 7.37. The van der Waals surface area contributed by atoms with E-state index in [-0.39, 0.29) is 17.2 Å². The van der Waals surface area contributed by atoms with Gasteiger partial charge in [-0.05, 0) is 43.7 Å². The molecule has 0 saturated carbocycles. The van der Waals surface area contributed by atoms with Gasteiger partial charge in [0.15, 0.2) is 11.0 Å². The van der Waals surface area contributed by atoms with Crippen LogP contribution in [0, 0.1) is 13.8 Å². The first-order chi connectivity index (χ1) is 16.9. The lowest BCUT2D eigenvalue weighted by atomic mass is 10.1. The number of benzene rings is 3. The summed E-state index contributed by atoms with van der Waals surface area (Å²) in [6.07, 6.45) is 1.46. The molecule has 9 heteroatoms. The summed E-state index contributed by atoms with van der Waals surface area (Å²) in [5, 5.41) is 22.2. The molecule has 0 saturated heterocycles.